The molecule has 1 unspecified atom stereocenters. The number of nitro benzene ring substituents is 1. The molecule has 2 heterocycles. The van der Waals surface area contributed by atoms with Gasteiger partial charge >= 0.3 is 12.1 Å². The number of carbonyl (C=O) groups is 1. The highest BCUT2D eigenvalue weighted by molar-refractivity contribution is 5.87. The Labute approximate surface area is 232 Å². The molecule has 0 bridgehead atoms. The summed E-state index contributed by atoms with van der Waals surface area (Å²) in [7, 11) is 0. The number of fused-ring (bicyclic) bond motifs is 2. The fourth-order valence-electron chi connectivity index (χ4n) is 5.24. The Bertz CT molecular complexity index is 1600. The Morgan fingerprint density at radius 2 is 1.80 bits per heavy atom. The summed E-state index contributed by atoms with van der Waals surface area (Å²) >= 11 is 0. The molecule has 1 aliphatic rings. The van der Waals surface area contributed by atoms with Gasteiger partial charge < -0.3 is 19.5 Å². The highest BCUT2D eigenvalue weighted by atomic mass is 19.4. The Balaban J connectivity index is 1.50. The third-order valence-corrected chi connectivity index (χ3v) is 7.27. The molecule has 1 atom stereocenters. The van der Waals surface area contributed by atoms with E-state index in [0.717, 1.165) is 22.8 Å². The van der Waals surface area contributed by atoms with Gasteiger partial charge in [-0.2, -0.15) is 13.2 Å². The molecule has 9 nitrogen and oxygen atoms in total. The van der Waals surface area contributed by atoms with Gasteiger partial charge in [0, 0.05) is 55.5 Å². The Morgan fingerprint density at radius 1 is 1.05 bits per heavy atom. The first-order valence-electron chi connectivity index (χ1n) is 12.7. The minimum absolute atomic E-state index is 0.0731. The third kappa shape index (κ3) is 5.74. The van der Waals surface area contributed by atoms with E-state index < -0.39 is 35.8 Å². The zero-order valence-corrected chi connectivity index (χ0v) is 21.7. The molecule has 0 aliphatic carbocycles. The number of hydrogen-bond acceptors (Lipinski definition) is 6. The van der Waals surface area contributed by atoms with Crippen LogP contribution in [0.15, 0.2) is 72.9 Å². The molecule has 1 aromatic heterocycles. The molecule has 41 heavy (non-hydrogen) atoms. The van der Waals surface area contributed by atoms with Gasteiger partial charge in [-0.15, -0.1) is 0 Å². The van der Waals surface area contributed by atoms with E-state index in [1.54, 1.807) is 48.5 Å². The molecule has 0 amide bonds. The van der Waals surface area contributed by atoms with E-state index in [-0.39, 0.29) is 41.8 Å². The van der Waals surface area contributed by atoms with Crippen molar-refractivity contribution < 1.29 is 37.8 Å². The van der Waals surface area contributed by atoms with E-state index in [0.29, 0.717) is 12.2 Å². The Morgan fingerprint density at radius 3 is 2.49 bits per heavy atom. The minimum Gasteiger partial charge on any atom is -0.482 e. The first-order valence-corrected chi connectivity index (χ1v) is 12.7. The van der Waals surface area contributed by atoms with Crippen molar-refractivity contribution in [3.05, 3.63) is 105 Å². The number of carboxylic acids is 1. The average Bonchev–Trinajstić information content (AvgIpc) is 3.29. The fourth-order valence-corrected chi connectivity index (χ4v) is 5.24. The summed E-state index contributed by atoms with van der Waals surface area (Å²) in [5.74, 6) is -0.772. The molecule has 5 rings (SSSR count). The summed E-state index contributed by atoms with van der Waals surface area (Å²) in [4.78, 5) is 23.1. The lowest BCUT2D eigenvalue weighted by molar-refractivity contribution is -0.384. The molecule has 0 saturated heterocycles. The summed E-state index contributed by atoms with van der Waals surface area (Å²) < 4.78 is 51.0. The molecular weight excluding hydrogens is 543 g/mol. The summed E-state index contributed by atoms with van der Waals surface area (Å²) in [6.45, 7) is -0.780. The molecule has 2 N–H and O–H groups in total. The smallest absolute Gasteiger partial charge is 0.422 e. The number of aromatic nitrogens is 1. The molecule has 214 valence electrons. The number of benzene rings is 3. The zero-order valence-electron chi connectivity index (χ0n) is 21.7. The van der Waals surface area contributed by atoms with Gasteiger partial charge in [-0.3, -0.25) is 15.0 Å². The van der Waals surface area contributed by atoms with Crippen molar-refractivity contribution in [2.24, 2.45) is 0 Å². The van der Waals surface area contributed by atoms with Gasteiger partial charge in [0.15, 0.2) is 6.61 Å². The van der Waals surface area contributed by atoms with Crippen LogP contribution < -0.4 is 4.74 Å². The van der Waals surface area contributed by atoms with Gasteiger partial charge in [-0.05, 0) is 41.3 Å². The molecule has 0 spiro atoms. The average molecular weight is 570 g/mol. The maximum Gasteiger partial charge on any atom is 0.422 e. The number of rotatable bonds is 9. The Hall–Kier alpha value is -4.42. The van der Waals surface area contributed by atoms with Crippen molar-refractivity contribution in [1.82, 2.24) is 9.47 Å². The first kappa shape index (κ1) is 28.1. The second-order valence-electron chi connectivity index (χ2n) is 10.0. The molecule has 1 aliphatic heterocycles. The standard InChI is InChI=1S/C29H26F3N3O6/c30-29(31,32)28(38,18-33-11-10-20-12-23(41-17-27(36)37)8-6-21(20)15-33)25-16-34(14-19-4-2-1-3-5-19)26-13-22(35(39)40)7-9-24(25)26/h1-9,12-13,16,38H,10-11,14-15,17-18H2,(H,36,37). The van der Waals surface area contributed by atoms with Gasteiger partial charge in [-0.25, -0.2) is 4.79 Å². The molecule has 0 saturated carbocycles. The second-order valence-corrected chi connectivity index (χ2v) is 10.0. The highest BCUT2D eigenvalue weighted by Gasteiger charge is 2.57. The molecule has 0 fully saturated rings. The lowest BCUT2D eigenvalue weighted by Gasteiger charge is -2.38. The van der Waals surface area contributed by atoms with Crippen LogP contribution in [0.1, 0.15) is 22.3 Å². The molecule has 3 aromatic carbocycles. The van der Waals surface area contributed by atoms with E-state index >= 15 is 0 Å². The van der Waals surface area contributed by atoms with Crippen molar-refractivity contribution in [1.29, 1.82) is 0 Å². The number of ether oxygens (including phenoxy) is 1. The maximum atomic E-state index is 14.8. The summed E-state index contributed by atoms with van der Waals surface area (Å²) in [5, 5.41) is 31.8. The first-order chi connectivity index (χ1) is 19.4. The highest BCUT2D eigenvalue weighted by Crippen LogP contribution is 2.44. The number of aliphatic hydroxyl groups is 1. The number of carboxylic acid groups (broad SMARTS) is 1. The van der Waals surface area contributed by atoms with Crippen LogP contribution in [-0.2, 0) is 29.9 Å². The van der Waals surface area contributed by atoms with Gasteiger partial charge in [-0.1, -0.05) is 36.4 Å². The van der Waals surface area contributed by atoms with Crippen LogP contribution in [0.2, 0.25) is 0 Å². The van der Waals surface area contributed by atoms with Crippen LogP contribution >= 0.6 is 0 Å². The second kappa shape index (κ2) is 10.9. The third-order valence-electron chi connectivity index (χ3n) is 7.27. The lowest BCUT2D eigenvalue weighted by Crippen LogP contribution is -2.52. The number of nitrogens with zero attached hydrogens (tertiary/aromatic N) is 3. The van der Waals surface area contributed by atoms with Crippen molar-refractivity contribution in [3.8, 4) is 5.75 Å². The van der Waals surface area contributed by atoms with Crippen molar-refractivity contribution >= 4 is 22.6 Å². The van der Waals surface area contributed by atoms with Gasteiger partial charge in [0.1, 0.15) is 5.75 Å². The van der Waals surface area contributed by atoms with Gasteiger partial charge in [0.25, 0.3) is 5.69 Å². The van der Waals surface area contributed by atoms with E-state index in [2.05, 4.69) is 0 Å². The fraction of sp³-hybridized carbons (Fsp3) is 0.276. The number of aliphatic carboxylic acids is 1. The monoisotopic (exact) mass is 569 g/mol. The van der Waals surface area contributed by atoms with E-state index in [1.165, 1.54) is 27.8 Å². The summed E-state index contributed by atoms with van der Waals surface area (Å²) in [6.07, 6.45) is -3.45. The molecule has 12 heteroatoms. The van der Waals surface area contributed by atoms with Crippen LogP contribution in [0.5, 0.6) is 5.75 Å². The van der Waals surface area contributed by atoms with Crippen molar-refractivity contribution in [3.63, 3.8) is 0 Å². The predicted molar refractivity (Wildman–Crippen MR) is 143 cm³/mol. The van der Waals surface area contributed by atoms with Crippen molar-refractivity contribution in [2.75, 3.05) is 19.7 Å². The topological polar surface area (TPSA) is 118 Å². The Kier molecular flexibility index (Phi) is 7.45. The maximum absolute atomic E-state index is 14.8. The van der Waals surface area contributed by atoms with E-state index in [4.69, 9.17) is 9.84 Å². The number of alkyl halides is 3. The van der Waals surface area contributed by atoms with Crippen LogP contribution in [-0.4, -0.2) is 56.4 Å². The quantitative estimate of drug-likeness (QED) is 0.218. The lowest BCUT2D eigenvalue weighted by atomic mass is 9.90. The zero-order chi connectivity index (χ0) is 29.4. The van der Waals surface area contributed by atoms with Crippen LogP contribution in [0.3, 0.4) is 0 Å². The van der Waals surface area contributed by atoms with Crippen molar-refractivity contribution in [2.45, 2.75) is 31.3 Å². The van der Waals surface area contributed by atoms with Gasteiger partial charge in [0.05, 0.1) is 10.4 Å². The number of hydrogen-bond donors (Lipinski definition) is 2. The van der Waals surface area contributed by atoms with E-state index in [1.807, 2.05) is 0 Å². The van der Waals surface area contributed by atoms with Crippen LogP contribution in [0, 0.1) is 10.1 Å². The number of halogens is 3. The summed E-state index contributed by atoms with van der Waals surface area (Å²) in [5.41, 5.74) is -1.38. The number of non-ortho nitro benzene ring substituents is 1. The van der Waals surface area contributed by atoms with Crippen LogP contribution in [0.4, 0.5) is 18.9 Å². The largest absolute Gasteiger partial charge is 0.482 e. The van der Waals surface area contributed by atoms with Crippen LogP contribution in [0.25, 0.3) is 10.9 Å². The van der Waals surface area contributed by atoms with Gasteiger partial charge in [0.2, 0.25) is 5.60 Å². The number of β-amino-alcohol motifs (C(OH)–C–C–N with tert-alkyl or cyclic N) is 1. The molecule has 4 aromatic rings. The van der Waals surface area contributed by atoms with E-state index in [9.17, 15) is 33.2 Å². The minimum atomic E-state index is -5.06. The number of nitro groups is 1. The SMILES string of the molecule is O=C(O)COc1ccc2c(c1)CCN(CC(O)(c1cn(Cc3ccccc3)c3cc([N+](=O)[O-])ccc13)C(F)(F)F)C2. The summed E-state index contributed by atoms with van der Waals surface area (Å²) in [6, 6.07) is 17.5. The molecular formula is C29H26F3N3O6. The predicted octanol–water partition coefficient (Wildman–Crippen LogP) is 4.87. The molecule has 0 radical (unpaired) electrons. The normalized spacial score (nSPS) is 15.3.